The van der Waals surface area contributed by atoms with E-state index in [1.54, 1.807) is 0 Å². The predicted octanol–water partition coefficient (Wildman–Crippen LogP) is 0.406. The number of hydrogen-bond donors (Lipinski definition) is 4. The van der Waals surface area contributed by atoms with Gasteiger partial charge in [0.25, 0.3) is 10.1 Å². The van der Waals surface area contributed by atoms with Crippen molar-refractivity contribution in [2.24, 2.45) is 0 Å². The van der Waals surface area contributed by atoms with Crippen molar-refractivity contribution >= 4 is 16.2 Å². The van der Waals surface area contributed by atoms with E-state index in [1.807, 2.05) is 5.32 Å². The molecule has 16 heavy (non-hydrogen) atoms. The van der Waals surface area contributed by atoms with E-state index in [4.69, 9.17) is 9.66 Å². The summed E-state index contributed by atoms with van der Waals surface area (Å²) < 4.78 is 30.7. The summed E-state index contributed by atoms with van der Waals surface area (Å²) in [5.41, 5.74) is -0.0371. The van der Waals surface area contributed by atoms with E-state index < -0.39 is 26.9 Å². The molecule has 0 bridgehead atoms. The van der Waals surface area contributed by atoms with Crippen molar-refractivity contribution in [1.82, 2.24) is 5.32 Å². The van der Waals surface area contributed by atoms with Gasteiger partial charge < -0.3 is 15.5 Å². The highest BCUT2D eigenvalue weighted by Gasteiger charge is 2.20. The van der Waals surface area contributed by atoms with Crippen LogP contribution in [0.3, 0.4) is 0 Å². The molecule has 0 spiro atoms. The van der Waals surface area contributed by atoms with Crippen LogP contribution in [0.1, 0.15) is 5.56 Å². The number of rotatable bonds is 3. The fraction of sp³-hybridized carbons (Fsp3) is 0.125. The second kappa shape index (κ2) is 4.37. The molecule has 0 saturated carbocycles. The third-order valence-electron chi connectivity index (χ3n) is 1.76. The summed E-state index contributed by atoms with van der Waals surface area (Å²) >= 11 is 0. The first-order chi connectivity index (χ1) is 7.32. The Morgan fingerprint density at radius 1 is 1.38 bits per heavy atom. The number of carboxylic acid groups (broad SMARTS) is 1. The molecule has 0 heterocycles. The number of phenolic OH excluding ortho intramolecular Hbond substituents is 1. The molecular weight excluding hydrogens is 238 g/mol. The summed E-state index contributed by atoms with van der Waals surface area (Å²) in [6.45, 7) is -0.334. The largest absolute Gasteiger partial charge is 0.506 e. The Hall–Kier alpha value is -1.80. The maximum atomic E-state index is 10.9. The number of carbonyl (C=O) groups is 1. The Balaban J connectivity index is 3.19. The van der Waals surface area contributed by atoms with Gasteiger partial charge >= 0.3 is 6.09 Å². The number of aromatic hydroxyl groups is 1. The lowest BCUT2D eigenvalue weighted by molar-refractivity contribution is 0.193. The molecule has 0 saturated heterocycles. The monoisotopic (exact) mass is 247 g/mol. The standard InChI is InChI=1S/C8H9NO6S/c10-6-3-1-2-5(4-9-8(11)12)7(6)16(13,14)15/h1-3,9-10H,4H2,(H,11,12)(H,13,14,15). The molecule has 0 aliphatic rings. The van der Waals surface area contributed by atoms with E-state index in [2.05, 4.69) is 0 Å². The van der Waals surface area contributed by atoms with Crippen LogP contribution >= 0.6 is 0 Å². The first-order valence-corrected chi connectivity index (χ1v) is 5.51. The van der Waals surface area contributed by atoms with Crippen LogP contribution in [0.4, 0.5) is 4.79 Å². The fourth-order valence-electron chi connectivity index (χ4n) is 1.18. The second-order valence-corrected chi connectivity index (χ2v) is 4.26. The summed E-state index contributed by atoms with van der Waals surface area (Å²) in [4.78, 5) is 9.54. The molecule has 7 nitrogen and oxygen atoms in total. The SMILES string of the molecule is O=C(O)NCc1cccc(O)c1S(=O)(=O)O. The lowest BCUT2D eigenvalue weighted by Crippen LogP contribution is -2.21. The molecule has 1 rings (SSSR count). The third kappa shape index (κ3) is 2.84. The average molecular weight is 247 g/mol. The van der Waals surface area contributed by atoms with Gasteiger partial charge in [0.05, 0.1) is 0 Å². The van der Waals surface area contributed by atoms with Gasteiger partial charge in [0.15, 0.2) is 0 Å². The molecule has 0 atom stereocenters. The molecule has 0 fully saturated rings. The molecule has 8 heteroatoms. The molecular formula is C8H9NO6S. The van der Waals surface area contributed by atoms with Gasteiger partial charge in [0.2, 0.25) is 0 Å². The maximum Gasteiger partial charge on any atom is 0.404 e. The van der Waals surface area contributed by atoms with Crippen LogP contribution in [-0.4, -0.2) is 29.3 Å². The quantitative estimate of drug-likeness (QED) is 0.573. The van der Waals surface area contributed by atoms with Gasteiger partial charge in [-0.25, -0.2) is 4.79 Å². The lowest BCUT2D eigenvalue weighted by Gasteiger charge is -2.08. The number of phenols is 1. The normalized spacial score (nSPS) is 11.1. The molecule has 0 unspecified atom stereocenters. The van der Waals surface area contributed by atoms with Gasteiger partial charge in [-0.1, -0.05) is 12.1 Å². The number of nitrogens with one attached hydrogen (secondary N) is 1. The Kier molecular flexibility index (Phi) is 3.35. The minimum absolute atomic E-state index is 0.0371. The summed E-state index contributed by atoms with van der Waals surface area (Å²) in [5, 5.41) is 19.6. The van der Waals surface area contributed by atoms with E-state index in [1.165, 1.54) is 12.1 Å². The van der Waals surface area contributed by atoms with E-state index >= 15 is 0 Å². The molecule has 0 radical (unpaired) electrons. The van der Waals surface area contributed by atoms with Crippen LogP contribution in [0, 0.1) is 0 Å². The van der Waals surface area contributed by atoms with Gasteiger partial charge in [0, 0.05) is 6.54 Å². The Morgan fingerprint density at radius 3 is 2.50 bits per heavy atom. The van der Waals surface area contributed by atoms with Crippen molar-refractivity contribution in [1.29, 1.82) is 0 Å². The van der Waals surface area contributed by atoms with Crippen LogP contribution < -0.4 is 5.32 Å². The van der Waals surface area contributed by atoms with Crippen molar-refractivity contribution in [3.05, 3.63) is 23.8 Å². The predicted molar refractivity (Wildman–Crippen MR) is 52.8 cm³/mol. The minimum atomic E-state index is -4.59. The zero-order chi connectivity index (χ0) is 12.3. The Morgan fingerprint density at radius 2 is 2.00 bits per heavy atom. The first kappa shape index (κ1) is 12.3. The van der Waals surface area contributed by atoms with E-state index in [-0.39, 0.29) is 12.1 Å². The summed E-state index contributed by atoms with van der Waals surface area (Å²) in [5.74, 6) is -0.632. The topological polar surface area (TPSA) is 124 Å². The molecule has 0 aliphatic carbocycles. The number of benzene rings is 1. The number of hydrogen-bond acceptors (Lipinski definition) is 4. The Labute approximate surface area is 91.1 Å². The fourth-order valence-corrected chi connectivity index (χ4v) is 1.98. The van der Waals surface area contributed by atoms with Crippen LogP contribution in [0.5, 0.6) is 5.75 Å². The highest BCUT2D eigenvalue weighted by Crippen LogP contribution is 2.25. The van der Waals surface area contributed by atoms with E-state index in [0.717, 1.165) is 6.07 Å². The number of amides is 1. The summed E-state index contributed by atoms with van der Waals surface area (Å²) in [7, 11) is -4.59. The third-order valence-corrected chi connectivity index (χ3v) is 2.75. The highest BCUT2D eigenvalue weighted by atomic mass is 32.2. The van der Waals surface area contributed by atoms with Crippen molar-refractivity contribution in [3.8, 4) is 5.75 Å². The first-order valence-electron chi connectivity index (χ1n) is 4.07. The molecule has 4 N–H and O–H groups in total. The van der Waals surface area contributed by atoms with Gasteiger partial charge in [-0.2, -0.15) is 8.42 Å². The Bertz CT molecular complexity index is 509. The average Bonchev–Trinajstić information content (AvgIpc) is 2.12. The van der Waals surface area contributed by atoms with Crippen molar-refractivity contribution in [2.45, 2.75) is 11.4 Å². The van der Waals surface area contributed by atoms with Gasteiger partial charge in [0.1, 0.15) is 10.6 Å². The summed E-state index contributed by atoms with van der Waals surface area (Å²) in [6, 6.07) is 3.69. The van der Waals surface area contributed by atoms with Gasteiger partial charge in [-0.3, -0.25) is 4.55 Å². The van der Waals surface area contributed by atoms with E-state index in [9.17, 15) is 18.3 Å². The zero-order valence-electron chi connectivity index (χ0n) is 7.91. The second-order valence-electron chi connectivity index (χ2n) is 2.90. The minimum Gasteiger partial charge on any atom is -0.506 e. The van der Waals surface area contributed by atoms with Crippen LogP contribution in [0.25, 0.3) is 0 Å². The molecule has 1 amide bonds. The highest BCUT2D eigenvalue weighted by molar-refractivity contribution is 7.86. The van der Waals surface area contributed by atoms with Crippen molar-refractivity contribution < 1.29 is 28.0 Å². The molecule has 88 valence electrons. The molecule has 1 aromatic carbocycles. The molecule has 0 aliphatic heterocycles. The maximum absolute atomic E-state index is 10.9. The van der Waals surface area contributed by atoms with Crippen LogP contribution in [-0.2, 0) is 16.7 Å². The molecule has 1 aromatic rings. The van der Waals surface area contributed by atoms with E-state index in [0.29, 0.717) is 0 Å². The van der Waals surface area contributed by atoms with Crippen LogP contribution in [0.15, 0.2) is 23.1 Å². The zero-order valence-corrected chi connectivity index (χ0v) is 8.73. The lowest BCUT2D eigenvalue weighted by atomic mass is 10.2. The van der Waals surface area contributed by atoms with Crippen molar-refractivity contribution in [2.75, 3.05) is 0 Å². The van der Waals surface area contributed by atoms with Crippen molar-refractivity contribution in [3.63, 3.8) is 0 Å². The van der Waals surface area contributed by atoms with Gasteiger partial charge in [-0.15, -0.1) is 0 Å². The van der Waals surface area contributed by atoms with Crippen LogP contribution in [0.2, 0.25) is 0 Å². The summed E-state index contributed by atoms with van der Waals surface area (Å²) in [6.07, 6.45) is -1.34. The smallest absolute Gasteiger partial charge is 0.404 e. The molecule has 0 aromatic heterocycles. The van der Waals surface area contributed by atoms with Gasteiger partial charge in [-0.05, 0) is 11.6 Å².